The number of hydrogen-bond donors (Lipinski definition) is 0. The molecule has 0 spiro atoms. The topological polar surface area (TPSA) is 75.0 Å². The Labute approximate surface area is 197 Å². The second-order valence-electron chi connectivity index (χ2n) is 8.11. The molecular weight excluding hydrogens is 432 g/mol. The molecule has 0 saturated heterocycles. The van der Waals surface area contributed by atoms with Crippen LogP contribution in [0.5, 0.6) is 17.2 Å². The lowest BCUT2D eigenvalue weighted by Gasteiger charge is -2.18. The van der Waals surface area contributed by atoms with E-state index in [9.17, 15) is 9.59 Å². The van der Waals surface area contributed by atoms with Crippen LogP contribution in [0.3, 0.4) is 0 Å². The van der Waals surface area contributed by atoms with E-state index in [0.29, 0.717) is 33.6 Å². The summed E-state index contributed by atoms with van der Waals surface area (Å²) >= 11 is 0. The van der Waals surface area contributed by atoms with E-state index < -0.39 is 6.10 Å². The molecule has 0 fully saturated rings. The second-order valence-corrected chi connectivity index (χ2v) is 8.11. The Morgan fingerprint density at radius 2 is 1.62 bits per heavy atom. The summed E-state index contributed by atoms with van der Waals surface area (Å²) < 4.78 is 23.1. The minimum absolute atomic E-state index is 0.0264. The Kier molecular flexibility index (Phi) is 6.41. The van der Waals surface area contributed by atoms with Crippen LogP contribution in [0.2, 0.25) is 0 Å². The van der Waals surface area contributed by atoms with Crippen LogP contribution in [0, 0.1) is 13.8 Å². The highest BCUT2D eigenvalue weighted by molar-refractivity contribution is 5.99. The van der Waals surface area contributed by atoms with Crippen LogP contribution in [0.1, 0.15) is 28.4 Å². The van der Waals surface area contributed by atoms with Crippen LogP contribution in [0.4, 0.5) is 0 Å². The molecule has 1 heterocycles. The molecule has 6 heteroatoms. The zero-order chi connectivity index (χ0) is 24.4. The molecule has 4 aromatic rings. The molecule has 34 heavy (non-hydrogen) atoms. The van der Waals surface area contributed by atoms with Gasteiger partial charge in [-0.3, -0.25) is 9.59 Å². The van der Waals surface area contributed by atoms with Gasteiger partial charge in [0.15, 0.2) is 23.4 Å². The smallest absolute Gasteiger partial charge is 0.235 e. The summed E-state index contributed by atoms with van der Waals surface area (Å²) in [7, 11) is 3.08. The molecule has 6 nitrogen and oxygen atoms in total. The fraction of sp³-hybridized carbons (Fsp3) is 0.214. The number of hydrogen-bond acceptors (Lipinski definition) is 6. The molecule has 3 aromatic carbocycles. The third kappa shape index (κ3) is 4.27. The molecule has 0 saturated carbocycles. The van der Waals surface area contributed by atoms with Crippen molar-refractivity contribution in [2.75, 3.05) is 14.2 Å². The van der Waals surface area contributed by atoms with Gasteiger partial charge in [0, 0.05) is 11.1 Å². The fourth-order valence-electron chi connectivity index (χ4n) is 3.97. The molecule has 0 aliphatic heterocycles. The van der Waals surface area contributed by atoms with Crippen LogP contribution in [-0.4, -0.2) is 26.1 Å². The molecule has 0 radical (unpaired) electrons. The van der Waals surface area contributed by atoms with Crippen LogP contribution < -0.4 is 19.6 Å². The van der Waals surface area contributed by atoms with E-state index in [1.165, 1.54) is 7.11 Å². The summed E-state index contributed by atoms with van der Waals surface area (Å²) in [6, 6.07) is 17.7. The highest BCUT2D eigenvalue weighted by atomic mass is 16.5. The summed E-state index contributed by atoms with van der Waals surface area (Å²) in [5.74, 6) is 0.970. The first-order chi connectivity index (χ1) is 16.3. The van der Waals surface area contributed by atoms with Crippen LogP contribution in [0.15, 0.2) is 69.9 Å². The number of aryl methyl sites for hydroxylation is 2. The van der Waals surface area contributed by atoms with Crippen molar-refractivity contribution in [3.63, 3.8) is 0 Å². The number of ether oxygens (including phenoxy) is 3. The van der Waals surface area contributed by atoms with Crippen LogP contribution in [0.25, 0.3) is 22.3 Å². The summed E-state index contributed by atoms with van der Waals surface area (Å²) in [5, 5.41) is 0.399. The van der Waals surface area contributed by atoms with Crippen LogP contribution >= 0.6 is 0 Å². The van der Waals surface area contributed by atoms with Crippen LogP contribution in [-0.2, 0) is 0 Å². The Morgan fingerprint density at radius 1 is 0.912 bits per heavy atom. The number of rotatable bonds is 7. The molecule has 1 aromatic heterocycles. The third-order valence-electron chi connectivity index (χ3n) is 5.65. The zero-order valence-electron chi connectivity index (χ0n) is 19.8. The lowest BCUT2D eigenvalue weighted by molar-refractivity contribution is 0.0815. The van der Waals surface area contributed by atoms with Gasteiger partial charge in [-0.05, 0) is 56.2 Å². The Morgan fingerprint density at radius 3 is 2.29 bits per heavy atom. The molecule has 0 bridgehead atoms. The number of ketones is 1. The van der Waals surface area contributed by atoms with E-state index in [1.807, 2.05) is 26.0 Å². The molecule has 0 N–H and O–H groups in total. The van der Waals surface area contributed by atoms with Gasteiger partial charge in [-0.2, -0.15) is 0 Å². The normalized spacial score (nSPS) is 11.8. The van der Waals surface area contributed by atoms with E-state index in [4.69, 9.17) is 18.6 Å². The van der Waals surface area contributed by atoms with Gasteiger partial charge in [0.05, 0.1) is 19.6 Å². The van der Waals surface area contributed by atoms with E-state index in [1.54, 1.807) is 62.6 Å². The largest absolute Gasteiger partial charge is 0.493 e. The molecule has 1 atom stereocenters. The molecule has 0 aliphatic rings. The molecule has 0 unspecified atom stereocenters. The SMILES string of the molecule is COc1ccc(-c2oc3c(C)cc(C)cc3c(=O)c2O[C@@H](C)C(=O)c2ccccc2)cc1OC. The average molecular weight is 459 g/mol. The third-order valence-corrected chi connectivity index (χ3v) is 5.65. The standard InChI is InChI=1S/C28H26O6/c1-16-13-17(2)26-21(14-16)25(30)28(33-18(3)24(29)19-9-7-6-8-10-19)27(34-26)20-11-12-22(31-4)23(15-20)32-5/h6-15,18H,1-5H3/t18-/m0/s1. The predicted molar refractivity (Wildman–Crippen MR) is 131 cm³/mol. The van der Waals surface area contributed by atoms with Gasteiger partial charge >= 0.3 is 0 Å². The van der Waals surface area contributed by atoms with Gasteiger partial charge in [-0.25, -0.2) is 0 Å². The first kappa shape index (κ1) is 23.1. The molecular formula is C28H26O6. The maximum Gasteiger partial charge on any atom is 0.235 e. The molecule has 174 valence electrons. The minimum Gasteiger partial charge on any atom is -0.493 e. The number of carbonyl (C=O) groups is 1. The van der Waals surface area contributed by atoms with E-state index >= 15 is 0 Å². The Bertz CT molecular complexity index is 1420. The Hall–Kier alpha value is -4.06. The van der Waals surface area contributed by atoms with Crippen molar-refractivity contribution in [1.29, 1.82) is 0 Å². The highest BCUT2D eigenvalue weighted by Crippen LogP contribution is 2.37. The van der Waals surface area contributed by atoms with Gasteiger partial charge in [0.1, 0.15) is 5.58 Å². The zero-order valence-corrected chi connectivity index (χ0v) is 19.8. The molecule has 0 amide bonds. The lowest BCUT2D eigenvalue weighted by atomic mass is 10.0. The van der Waals surface area contributed by atoms with E-state index in [-0.39, 0.29) is 22.7 Å². The number of Topliss-reactive ketones (excluding diaryl/α,β-unsaturated/α-hetero) is 1. The van der Waals surface area contributed by atoms with Crippen molar-refractivity contribution >= 4 is 16.8 Å². The molecule has 4 rings (SSSR count). The van der Waals surface area contributed by atoms with Crippen molar-refractivity contribution in [2.24, 2.45) is 0 Å². The first-order valence-electron chi connectivity index (χ1n) is 10.9. The van der Waals surface area contributed by atoms with E-state index in [2.05, 4.69) is 0 Å². The maximum absolute atomic E-state index is 13.6. The second kappa shape index (κ2) is 9.43. The van der Waals surface area contributed by atoms with Gasteiger partial charge in [0.2, 0.25) is 17.0 Å². The fourth-order valence-corrected chi connectivity index (χ4v) is 3.97. The number of fused-ring (bicyclic) bond motifs is 1. The predicted octanol–water partition coefficient (Wildman–Crippen LogP) is 5.74. The quantitative estimate of drug-likeness (QED) is 0.329. The maximum atomic E-state index is 13.6. The van der Waals surface area contributed by atoms with Gasteiger partial charge in [-0.1, -0.05) is 36.4 Å². The van der Waals surface area contributed by atoms with Crippen molar-refractivity contribution in [1.82, 2.24) is 0 Å². The van der Waals surface area contributed by atoms with Crippen molar-refractivity contribution < 1.29 is 23.4 Å². The van der Waals surface area contributed by atoms with Crippen molar-refractivity contribution in [3.05, 3.63) is 87.6 Å². The monoisotopic (exact) mass is 458 g/mol. The number of carbonyl (C=O) groups excluding carboxylic acids is 1. The lowest BCUT2D eigenvalue weighted by Crippen LogP contribution is -2.26. The van der Waals surface area contributed by atoms with E-state index in [0.717, 1.165) is 11.1 Å². The van der Waals surface area contributed by atoms with Gasteiger partial charge in [-0.15, -0.1) is 0 Å². The van der Waals surface area contributed by atoms with Gasteiger partial charge in [0.25, 0.3) is 0 Å². The Balaban J connectivity index is 1.91. The number of methoxy groups -OCH3 is 2. The summed E-state index contributed by atoms with van der Waals surface area (Å²) in [5.41, 5.74) is 2.94. The summed E-state index contributed by atoms with van der Waals surface area (Å²) in [6.45, 7) is 5.42. The average Bonchev–Trinajstić information content (AvgIpc) is 2.85. The first-order valence-corrected chi connectivity index (χ1v) is 10.9. The number of benzene rings is 3. The molecule has 0 aliphatic carbocycles. The van der Waals surface area contributed by atoms with Crippen molar-refractivity contribution in [3.8, 4) is 28.6 Å². The minimum atomic E-state index is -0.910. The summed E-state index contributed by atoms with van der Waals surface area (Å²) in [6.07, 6.45) is -0.910. The summed E-state index contributed by atoms with van der Waals surface area (Å²) in [4.78, 5) is 26.6. The van der Waals surface area contributed by atoms with Crippen molar-refractivity contribution in [2.45, 2.75) is 26.9 Å². The highest BCUT2D eigenvalue weighted by Gasteiger charge is 2.25. The van der Waals surface area contributed by atoms with Gasteiger partial charge < -0.3 is 18.6 Å².